The third kappa shape index (κ3) is 3.71. The van der Waals surface area contributed by atoms with Crippen molar-refractivity contribution in [2.75, 3.05) is 37.6 Å². The molecule has 2 aromatic carbocycles. The Labute approximate surface area is 138 Å². The minimum absolute atomic E-state index is 0.243. The fourth-order valence-corrected chi connectivity index (χ4v) is 2.95. The van der Waals surface area contributed by atoms with E-state index in [1.165, 1.54) is 12.1 Å². The second-order valence-electron chi connectivity index (χ2n) is 5.93. The number of β-amino-alcohol motifs (C(OH)–C–C–N with tert-alkyl or cyclic N) is 1. The Balaban J connectivity index is 1.57. The Morgan fingerprint density at radius 1 is 0.875 bits per heavy atom. The van der Waals surface area contributed by atoms with Gasteiger partial charge >= 0.3 is 0 Å². The van der Waals surface area contributed by atoms with E-state index in [4.69, 9.17) is 0 Å². The lowest BCUT2D eigenvalue weighted by atomic mass is 10.1. The van der Waals surface area contributed by atoms with E-state index in [-0.39, 0.29) is 5.82 Å². The molecule has 1 heterocycles. The van der Waals surface area contributed by atoms with Crippen molar-refractivity contribution < 1.29 is 18.3 Å². The molecule has 0 unspecified atom stereocenters. The maximum absolute atomic E-state index is 13.8. The zero-order chi connectivity index (χ0) is 17.1. The van der Waals surface area contributed by atoms with Gasteiger partial charge in [-0.2, -0.15) is 0 Å². The van der Waals surface area contributed by atoms with Crippen LogP contribution in [0.3, 0.4) is 0 Å². The quantitative estimate of drug-likeness (QED) is 0.930. The van der Waals surface area contributed by atoms with E-state index in [0.717, 1.165) is 12.1 Å². The number of aliphatic hydroxyl groups is 1. The van der Waals surface area contributed by atoms with Gasteiger partial charge in [0.2, 0.25) is 0 Å². The SMILES string of the molecule is O[C@H](CN1CCN(c2ccccc2F)CC1)c1ccc(F)c(F)c1. The third-order valence-electron chi connectivity index (χ3n) is 4.32. The van der Waals surface area contributed by atoms with Crippen LogP contribution >= 0.6 is 0 Å². The summed E-state index contributed by atoms with van der Waals surface area (Å²) in [5, 5.41) is 10.2. The highest BCUT2D eigenvalue weighted by molar-refractivity contribution is 5.48. The first-order valence-electron chi connectivity index (χ1n) is 7.89. The molecule has 1 saturated heterocycles. The minimum Gasteiger partial charge on any atom is -0.387 e. The van der Waals surface area contributed by atoms with Gasteiger partial charge in [0, 0.05) is 32.7 Å². The lowest BCUT2D eigenvalue weighted by Gasteiger charge is -2.37. The number of nitrogens with zero attached hydrogens (tertiary/aromatic N) is 2. The first kappa shape index (κ1) is 16.8. The highest BCUT2D eigenvalue weighted by Crippen LogP contribution is 2.22. The Hall–Kier alpha value is -2.05. The predicted molar refractivity (Wildman–Crippen MR) is 86.4 cm³/mol. The monoisotopic (exact) mass is 336 g/mol. The summed E-state index contributed by atoms with van der Waals surface area (Å²) < 4.78 is 40.0. The summed E-state index contributed by atoms with van der Waals surface area (Å²) in [5.74, 6) is -2.13. The maximum atomic E-state index is 13.8. The minimum atomic E-state index is -0.962. The van der Waals surface area contributed by atoms with Crippen LogP contribution in [-0.4, -0.2) is 42.7 Å². The summed E-state index contributed by atoms with van der Waals surface area (Å²) in [5.41, 5.74) is 0.934. The van der Waals surface area contributed by atoms with E-state index in [9.17, 15) is 18.3 Å². The second-order valence-corrected chi connectivity index (χ2v) is 5.93. The Morgan fingerprint density at radius 2 is 1.58 bits per heavy atom. The Kier molecular flexibility index (Phi) is 5.06. The van der Waals surface area contributed by atoms with Gasteiger partial charge in [0.1, 0.15) is 5.82 Å². The molecule has 128 valence electrons. The van der Waals surface area contributed by atoms with Crippen molar-refractivity contribution in [3.05, 3.63) is 65.5 Å². The number of hydrogen-bond donors (Lipinski definition) is 1. The number of para-hydroxylation sites is 1. The molecule has 0 saturated carbocycles. The van der Waals surface area contributed by atoms with E-state index in [0.29, 0.717) is 44.0 Å². The lowest BCUT2D eigenvalue weighted by molar-refractivity contribution is 0.109. The summed E-state index contributed by atoms with van der Waals surface area (Å²) in [6, 6.07) is 10.1. The van der Waals surface area contributed by atoms with Gasteiger partial charge in [-0.05, 0) is 29.8 Å². The fourth-order valence-electron chi connectivity index (χ4n) is 2.95. The zero-order valence-corrected chi connectivity index (χ0v) is 13.1. The van der Waals surface area contributed by atoms with Crippen LogP contribution in [0.15, 0.2) is 42.5 Å². The van der Waals surface area contributed by atoms with Gasteiger partial charge in [0.15, 0.2) is 11.6 Å². The molecule has 0 spiro atoms. The van der Waals surface area contributed by atoms with Gasteiger partial charge in [-0.3, -0.25) is 4.90 Å². The van der Waals surface area contributed by atoms with Gasteiger partial charge in [-0.1, -0.05) is 18.2 Å². The predicted octanol–water partition coefficient (Wildman–Crippen LogP) is 2.96. The number of aliphatic hydroxyl groups excluding tert-OH is 1. The van der Waals surface area contributed by atoms with Crippen LogP contribution in [0, 0.1) is 17.5 Å². The molecule has 0 aromatic heterocycles. The number of anilines is 1. The molecular formula is C18H19F3N2O. The molecule has 1 N–H and O–H groups in total. The van der Waals surface area contributed by atoms with Crippen LogP contribution < -0.4 is 4.90 Å². The molecular weight excluding hydrogens is 317 g/mol. The molecule has 0 radical (unpaired) electrons. The molecule has 0 amide bonds. The van der Waals surface area contributed by atoms with Crippen molar-refractivity contribution in [1.29, 1.82) is 0 Å². The zero-order valence-electron chi connectivity index (χ0n) is 13.1. The van der Waals surface area contributed by atoms with Crippen LogP contribution in [0.5, 0.6) is 0 Å². The standard InChI is InChI=1S/C18H19F3N2O/c19-14-6-5-13(11-16(14)21)18(24)12-22-7-9-23(10-8-22)17-4-2-1-3-15(17)20/h1-6,11,18,24H,7-10,12H2/t18-/m1/s1. The fraction of sp³-hybridized carbons (Fsp3) is 0.333. The van der Waals surface area contributed by atoms with Crippen LogP contribution in [0.4, 0.5) is 18.9 Å². The van der Waals surface area contributed by atoms with Crippen LogP contribution in [0.25, 0.3) is 0 Å². The van der Waals surface area contributed by atoms with Crippen molar-refractivity contribution in [2.24, 2.45) is 0 Å². The summed E-state index contributed by atoms with van der Waals surface area (Å²) in [7, 11) is 0. The number of hydrogen-bond acceptors (Lipinski definition) is 3. The molecule has 1 aliphatic rings. The highest BCUT2D eigenvalue weighted by atomic mass is 19.2. The summed E-state index contributed by atoms with van der Waals surface area (Å²) in [6.07, 6.45) is -0.889. The molecule has 1 fully saturated rings. The van der Waals surface area contributed by atoms with Crippen molar-refractivity contribution in [3.8, 4) is 0 Å². The normalized spacial score (nSPS) is 17.1. The molecule has 1 atom stereocenters. The van der Waals surface area contributed by atoms with Gasteiger partial charge < -0.3 is 10.0 Å². The summed E-state index contributed by atoms with van der Waals surface area (Å²) in [6.45, 7) is 2.94. The summed E-state index contributed by atoms with van der Waals surface area (Å²) in [4.78, 5) is 4.00. The van der Waals surface area contributed by atoms with Gasteiger partial charge in [-0.15, -0.1) is 0 Å². The maximum Gasteiger partial charge on any atom is 0.159 e. The largest absolute Gasteiger partial charge is 0.387 e. The van der Waals surface area contributed by atoms with Crippen molar-refractivity contribution >= 4 is 5.69 Å². The number of benzene rings is 2. The highest BCUT2D eigenvalue weighted by Gasteiger charge is 2.22. The molecule has 3 nitrogen and oxygen atoms in total. The van der Waals surface area contributed by atoms with E-state index >= 15 is 0 Å². The average Bonchev–Trinajstić information content (AvgIpc) is 2.58. The Morgan fingerprint density at radius 3 is 2.25 bits per heavy atom. The Bertz CT molecular complexity index is 702. The summed E-state index contributed by atoms with van der Waals surface area (Å²) >= 11 is 0. The van der Waals surface area contributed by atoms with Crippen molar-refractivity contribution in [2.45, 2.75) is 6.10 Å². The van der Waals surface area contributed by atoms with Gasteiger partial charge in [0.05, 0.1) is 11.8 Å². The molecule has 0 aliphatic carbocycles. The molecule has 24 heavy (non-hydrogen) atoms. The third-order valence-corrected chi connectivity index (χ3v) is 4.32. The molecule has 3 rings (SSSR count). The van der Waals surface area contributed by atoms with E-state index in [1.54, 1.807) is 18.2 Å². The van der Waals surface area contributed by atoms with Crippen LogP contribution in [-0.2, 0) is 0 Å². The number of piperazine rings is 1. The first-order chi connectivity index (χ1) is 11.5. The van der Waals surface area contributed by atoms with E-state index in [1.807, 2.05) is 9.80 Å². The second kappa shape index (κ2) is 7.23. The van der Waals surface area contributed by atoms with Gasteiger partial charge in [0.25, 0.3) is 0 Å². The number of rotatable bonds is 4. The first-order valence-corrected chi connectivity index (χ1v) is 7.89. The van der Waals surface area contributed by atoms with Crippen molar-refractivity contribution in [3.63, 3.8) is 0 Å². The van der Waals surface area contributed by atoms with Crippen LogP contribution in [0.1, 0.15) is 11.7 Å². The lowest BCUT2D eigenvalue weighted by Crippen LogP contribution is -2.47. The molecule has 2 aromatic rings. The number of halogens is 3. The van der Waals surface area contributed by atoms with Crippen molar-refractivity contribution in [1.82, 2.24) is 4.90 Å². The topological polar surface area (TPSA) is 26.7 Å². The molecule has 0 bridgehead atoms. The molecule has 1 aliphatic heterocycles. The van der Waals surface area contributed by atoms with Gasteiger partial charge in [-0.25, -0.2) is 13.2 Å². The van der Waals surface area contributed by atoms with Crippen LogP contribution in [0.2, 0.25) is 0 Å². The van der Waals surface area contributed by atoms with E-state index in [2.05, 4.69) is 0 Å². The average molecular weight is 336 g/mol. The molecule has 6 heteroatoms. The smallest absolute Gasteiger partial charge is 0.159 e. The van der Waals surface area contributed by atoms with E-state index < -0.39 is 17.7 Å².